The molecule has 6 heteroatoms. The second-order valence-corrected chi connectivity index (χ2v) is 6.79. The van der Waals surface area contributed by atoms with Gasteiger partial charge in [-0.05, 0) is 16.6 Å². The largest absolute Gasteiger partial charge is 0.368 e. The SMILES string of the molecule is C=C(Br)C[C@H](NC(=O)c1c2ccccc2nc2ccccc12)C(N)=O. The van der Waals surface area contributed by atoms with Gasteiger partial charge < -0.3 is 11.1 Å². The molecule has 0 radical (unpaired) electrons. The molecule has 0 bridgehead atoms. The van der Waals surface area contributed by atoms with Crippen molar-refractivity contribution < 1.29 is 9.59 Å². The van der Waals surface area contributed by atoms with E-state index in [2.05, 4.69) is 32.8 Å². The number of hydrogen-bond acceptors (Lipinski definition) is 3. The van der Waals surface area contributed by atoms with Crippen molar-refractivity contribution >= 4 is 49.6 Å². The Bertz CT molecular complexity index is 946. The van der Waals surface area contributed by atoms with E-state index in [1.165, 1.54) is 0 Å². The van der Waals surface area contributed by atoms with Crippen LogP contribution in [0.25, 0.3) is 21.8 Å². The van der Waals surface area contributed by atoms with E-state index in [9.17, 15) is 9.59 Å². The van der Waals surface area contributed by atoms with Crippen molar-refractivity contribution in [3.05, 3.63) is 65.2 Å². The van der Waals surface area contributed by atoms with Gasteiger partial charge in [-0.25, -0.2) is 4.98 Å². The van der Waals surface area contributed by atoms with Crippen molar-refractivity contribution in [2.24, 2.45) is 5.73 Å². The van der Waals surface area contributed by atoms with Gasteiger partial charge in [0, 0.05) is 17.2 Å². The molecule has 3 N–H and O–H groups in total. The lowest BCUT2D eigenvalue weighted by Gasteiger charge is -2.17. The molecular weight excluding hydrogens is 382 g/mol. The molecule has 5 nitrogen and oxygen atoms in total. The summed E-state index contributed by atoms with van der Waals surface area (Å²) in [4.78, 5) is 29.2. The molecule has 0 saturated carbocycles. The van der Waals surface area contributed by atoms with E-state index >= 15 is 0 Å². The number of primary amides is 1. The number of carbonyl (C=O) groups is 2. The maximum absolute atomic E-state index is 13.0. The van der Waals surface area contributed by atoms with E-state index in [4.69, 9.17) is 5.73 Å². The summed E-state index contributed by atoms with van der Waals surface area (Å²) in [6.45, 7) is 3.70. The lowest BCUT2D eigenvalue weighted by Crippen LogP contribution is -2.44. The van der Waals surface area contributed by atoms with Crippen molar-refractivity contribution in [3.63, 3.8) is 0 Å². The fourth-order valence-electron chi connectivity index (χ4n) is 2.76. The van der Waals surface area contributed by atoms with Gasteiger partial charge in [-0.15, -0.1) is 0 Å². The van der Waals surface area contributed by atoms with Gasteiger partial charge in [-0.1, -0.05) is 58.9 Å². The standard InChI is InChI=1S/C19H16BrN3O2/c1-11(20)10-16(18(21)24)23-19(25)17-12-6-2-4-8-14(12)22-15-9-5-3-7-13(15)17/h2-9,16H,1,10H2,(H2,21,24)(H,23,25)/t16-/m0/s1. The van der Waals surface area contributed by atoms with Gasteiger partial charge in [0.15, 0.2) is 0 Å². The first-order valence-electron chi connectivity index (χ1n) is 7.68. The Hall–Kier alpha value is -2.73. The van der Waals surface area contributed by atoms with Crippen LogP contribution >= 0.6 is 15.9 Å². The van der Waals surface area contributed by atoms with Crippen molar-refractivity contribution in [3.8, 4) is 0 Å². The smallest absolute Gasteiger partial charge is 0.253 e. The number of benzene rings is 2. The topological polar surface area (TPSA) is 85.1 Å². The molecule has 25 heavy (non-hydrogen) atoms. The van der Waals surface area contributed by atoms with Crippen LogP contribution in [0.2, 0.25) is 0 Å². The highest BCUT2D eigenvalue weighted by Crippen LogP contribution is 2.26. The zero-order valence-corrected chi connectivity index (χ0v) is 14.9. The lowest BCUT2D eigenvalue weighted by molar-refractivity contribution is -0.119. The molecule has 0 aliphatic rings. The number of nitrogens with two attached hydrogens (primary N) is 1. The third-order valence-electron chi connectivity index (χ3n) is 3.89. The van der Waals surface area contributed by atoms with Gasteiger partial charge in [0.1, 0.15) is 6.04 Å². The molecule has 0 aliphatic carbocycles. The molecule has 1 atom stereocenters. The molecule has 3 rings (SSSR count). The number of amides is 2. The Kier molecular flexibility index (Phi) is 4.81. The lowest BCUT2D eigenvalue weighted by atomic mass is 10.0. The molecule has 1 aromatic heterocycles. The molecule has 0 saturated heterocycles. The first-order valence-corrected chi connectivity index (χ1v) is 8.47. The third-order valence-corrected chi connectivity index (χ3v) is 4.21. The Balaban J connectivity index is 2.13. The van der Waals surface area contributed by atoms with Gasteiger partial charge in [0.25, 0.3) is 5.91 Å². The van der Waals surface area contributed by atoms with Crippen molar-refractivity contribution in [2.75, 3.05) is 0 Å². The number of halogens is 1. The predicted molar refractivity (Wildman–Crippen MR) is 102 cm³/mol. The second-order valence-electron chi connectivity index (χ2n) is 5.67. The average molecular weight is 398 g/mol. The summed E-state index contributed by atoms with van der Waals surface area (Å²) < 4.78 is 0.584. The van der Waals surface area contributed by atoms with E-state index in [-0.39, 0.29) is 12.3 Å². The van der Waals surface area contributed by atoms with Crippen LogP contribution in [0.15, 0.2) is 59.6 Å². The summed E-state index contributed by atoms with van der Waals surface area (Å²) in [5.41, 5.74) is 7.32. The van der Waals surface area contributed by atoms with Crippen LogP contribution in [-0.2, 0) is 4.79 Å². The van der Waals surface area contributed by atoms with Crippen LogP contribution in [0, 0.1) is 0 Å². The predicted octanol–water partition coefficient (Wildman–Crippen LogP) is 3.27. The van der Waals surface area contributed by atoms with Gasteiger partial charge in [0.05, 0.1) is 16.6 Å². The van der Waals surface area contributed by atoms with Gasteiger partial charge >= 0.3 is 0 Å². The Morgan fingerprint density at radius 3 is 2.08 bits per heavy atom. The first-order chi connectivity index (χ1) is 12.0. The number of aromatic nitrogens is 1. The summed E-state index contributed by atoms with van der Waals surface area (Å²) in [5.74, 6) is -0.982. The highest BCUT2D eigenvalue weighted by Gasteiger charge is 2.22. The number of nitrogens with zero attached hydrogens (tertiary/aromatic N) is 1. The van der Waals surface area contributed by atoms with E-state index < -0.39 is 11.9 Å². The average Bonchev–Trinajstić information content (AvgIpc) is 2.58. The first kappa shape index (κ1) is 17.1. The molecule has 126 valence electrons. The highest BCUT2D eigenvalue weighted by molar-refractivity contribution is 9.11. The number of rotatable bonds is 5. The normalized spacial score (nSPS) is 12.0. The summed E-state index contributed by atoms with van der Waals surface area (Å²) in [6.07, 6.45) is 0.224. The Morgan fingerprint density at radius 2 is 1.60 bits per heavy atom. The van der Waals surface area contributed by atoms with Crippen molar-refractivity contribution in [2.45, 2.75) is 12.5 Å². The fraction of sp³-hybridized carbons (Fsp3) is 0.105. The number of pyridine rings is 1. The summed E-state index contributed by atoms with van der Waals surface area (Å²) >= 11 is 3.21. The zero-order valence-electron chi connectivity index (χ0n) is 13.3. The number of carbonyl (C=O) groups excluding carboxylic acids is 2. The molecule has 2 amide bonds. The number of nitrogens with one attached hydrogen (secondary N) is 1. The van der Waals surface area contributed by atoms with Crippen molar-refractivity contribution in [1.29, 1.82) is 0 Å². The van der Waals surface area contributed by atoms with E-state index in [1.807, 2.05) is 48.5 Å². The van der Waals surface area contributed by atoms with Crippen molar-refractivity contribution in [1.82, 2.24) is 10.3 Å². The van der Waals surface area contributed by atoms with Crippen LogP contribution in [-0.4, -0.2) is 22.8 Å². The summed E-state index contributed by atoms with van der Waals surface area (Å²) in [7, 11) is 0. The molecule has 1 heterocycles. The Morgan fingerprint density at radius 1 is 1.08 bits per heavy atom. The second kappa shape index (κ2) is 7.03. The fourth-order valence-corrected chi connectivity index (χ4v) is 3.08. The third kappa shape index (κ3) is 3.53. The molecule has 0 spiro atoms. The van der Waals surface area contributed by atoms with Crippen LogP contribution in [0.4, 0.5) is 0 Å². The number of fused-ring (bicyclic) bond motifs is 2. The van der Waals surface area contributed by atoms with Gasteiger partial charge in [-0.2, -0.15) is 0 Å². The minimum atomic E-state index is -0.843. The zero-order chi connectivity index (χ0) is 18.0. The molecule has 3 aromatic rings. The quantitative estimate of drug-likeness (QED) is 0.647. The van der Waals surface area contributed by atoms with Crippen LogP contribution in [0.1, 0.15) is 16.8 Å². The number of hydrogen-bond donors (Lipinski definition) is 2. The highest BCUT2D eigenvalue weighted by atomic mass is 79.9. The minimum Gasteiger partial charge on any atom is -0.368 e. The maximum Gasteiger partial charge on any atom is 0.253 e. The van der Waals surface area contributed by atoms with E-state index in [0.29, 0.717) is 21.1 Å². The van der Waals surface area contributed by atoms with Gasteiger partial charge in [0.2, 0.25) is 5.91 Å². The van der Waals surface area contributed by atoms with Crippen LogP contribution in [0.3, 0.4) is 0 Å². The van der Waals surface area contributed by atoms with E-state index in [1.54, 1.807) is 0 Å². The van der Waals surface area contributed by atoms with Crippen LogP contribution < -0.4 is 11.1 Å². The van der Waals surface area contributed by atoms with Gasteiger partial charge in [-0.3, -0.25) is 9.59 Å². The van der Waals surface area contributed by atoms with Crippen LogP contribution in [0.5, 0.6) is 0 Å². The van der Waals surface area contributed by atoms with E-state index in [0.717, 1.165) is 10.8 Å². The molecule has 0 unspecified atom stereocenters. The molecule has 0 fully saturated rings. The monoisotopic (exact) mass is 397 g/mol. The summed E-state index contributed by atoms with van der Waals surface area (Å²) in [5, 5.41) is 4.16. The molecule has 2 aromatic carbocycles. The number of para-hydroxylation sites is 2. The minimum absolute atomic E-state index is 0.224. The Labute approximate surface area is 153 Å². The molecule has 0 aliphatic heterocycles. The summed E-state index contributed by atoms with van der Waals surface area (Å²) in [6, 6.07) is 14.0. The maximum atomic E-state index is 13.0. The molecular formula is C19H16BrN3O2.